The summed E-state index contributed by atoms with van der Waals surface area (Å²) >= 11 is 0. The minimum atomic E-state index is -0.165. The van der Waals surface area contributed by atoms with Crippen LogP contribution in [-0.4, -0.2) is 17.9 Å². The Labute approximate surface area is 136 Å². The van der Waals surface area contributed by atoms with E-state index in [1.54, 1.807) is 6.92 Å². The molecule has 22 heavy (non-hydrogen) atoms. The van der Waals surface area contributed by atoms with Crippen molar-refractivity contribution in [3.63, 3.8) is 0 Å². The Morgan fingerprint density at radius 2 is 1.55 bits per heavy atom. The Bertz CT molecular complexity index is 321. The molecule has 0 saturated carbocycles. The third-order valence-corrected chi connectivity index (χ3v) is 3.68. The molecule has 0 radical (unpaired) electrons. The lowest BCUT2D eigenvalue weighted by Gasteiger charge is -2.16. The van der Waals surface area contributed by atoms with Crippen molar-refractivity contribution < 1.29 is 14.3 Å². The summed E-state index contributed by atoms with van der Waals surface area (Å²) in [6.07, 6.45) is 16.0. The second kappa shape index (κ2) is 14.8. The van der Waals surface area contributed by atoms with Crippen LogP contribution < -0.4 is 0 Å². The van der Waals surface area contributed by atoms with Crippen molar-refractivity contribution >= 4 is 11.8 Å². The molecule has 128 valence electrons. The van der Waals surface area contributed by atoms with Crippen molar-refractivity contribution in [1.82, 2.24) is 0 Å². The highest BCUT2D eigenvalue weighted by Crippen LogP contribution is 2.13. The topological polar surface area (TPSA) is 43.4 Å². The van der Waals surface area contributed by atoms with Gasteiger partial charge in [0.15, 0.2) is 0 Å². The van der Waals surface area contributed by atoms with Crippen LogP contribution in [0.2, 0.25) is 0 Å². The molecule has 0 saturated heterocycles. The lowest BCUT2D eigenvalue weighted by atomic mass is 10.1. The Kier molecular flexibility index (Phi) is 14.0. The van der Waals surface area contributed by atoms with Gasteiger partial charge in [-0.2, -0.15) is 0 Å². The van der Waals surface area contributed by atoms with Crippen molar-refractivity contribution in [3.8, 4) is 0 Å². The van der Waals surface area contributed by atoms with Crippen molar-refractivity contribution in [2.24, 2.45) is 0 Å². The first kappa shape index (κ1) is 20.9. The minimum absolute atomic E-state index is 0.0948. The summed E-state index contributed by atoms with van der Waals surface area (Å²) in [5.74, 6) is 0.128. The van der Waals surface area contributed by atoms with Crippen LogP contribution in [0.5, 0.6) is 0 Å². The summed E-state index contributed by atoms with van der Waals surface area (Å²) in [7, 11) is 0. The summed E-state index contributed by atoms with van der Waals surface area (Å²) in [6, 6.07) is 0. The molecule has 3 nitrogen and oxygen atoms in total. The van der Waals surface area contributed by atoms with Gasteiger partial charge >= 0.3 is 5.97 Å². The third kappa shape index (κ3) is 15.3. The highest BCUT2D eigenvalue weighted by Gasteiger charge is 2.10. The number of ketones is 1. The van der Waals surface area contributed by atoms with Gasteiger partial charge in [-0.1, -0.05) is 38.3 Å². The SMILES string of the molecule is CCCCC(CCC/C=C/CCCCCC(C)=O)OC(C)=O. The fraction of sp³-hybridized carbons (Fsp3) is 0.789. The number of esters is 1. The van der Waals surface area contributed by atoms with Gasteiger partial charge in [0.25, 0.3) is 0 Å². The maximum Gasteiger partial charge on any atom is 0.302 e. The van der Waals surface area contributed by atoms with E-state index in [1.807, 2.05) is 0 Å². The normalized spacial score (nSPS) is 12.5. The molecule has 0 rings (SSSR count). The number of ether oxygens (including phenoxy) is 1. The first-order valence-corrected chi connectivity index (χ1v) is 8.88. The van der Waals surface area contributed by atoms with Crippen LogP contribution in [0.1, 0.15) is 91.4 Å². The summed E-state index contributed by atoms with van der Waals surface area (Å²) in [5, 5.41) is 0. The molecule has 0 heterocycles. The molecule has 0 N–H and O–H groups in total. The van der Waals surface area contributed by atoms with Crippen LogP contribution >= 0.6 is 0 Å². The Balaban J connectivity index is 3.59. The highest BCUT2D eigenvalue weighted by molar-refractivity contribution is 5.75. The van der Waals surface area contributed by atoms with E-state index in [4.69, 9.17) is 4.74 Å². The molecule has 0 aromatic heterocycles. The van der Waals surface area contributed by atoms with Crippen LogP contribution in [0.3, 0.4) is 0 Å². The van der Waals surface area contributed by atoms with Gasteiger partial charge in [-0.3, -0.25) is 4.79 Å². The lowest BCUT2D eigenvalue weighted by Crippen LogP contribution is -2.16. The largest absolute Gasteiger partial charge is 0.463 e. The maximum absolute atomic E-state index is 11.1. The average Bonchev–Trinajstić information content (AvgIpc) is 2.45. The van der Waals surface area contributed by atoms with Crippen molar-refractivity contribution in [1.29, 1.82) is 0 Å². The number of unbranched alkanes of at least 4 members (excludes halogenated alkanes) is 5. The molecule has 0 fully saturated rings. The lowest BCUT2D eigenvalue weighted by molar-refractivity contribution is -0.147. The van der Waals surface area contributed by atoms with Gasteiger partial charge in [0.1, 0.15) is 11.9 Å². The second-order valence-corrected chi connectivity index (χ2v) is 6.08. The minimum Gasteiger partial charge on any atom is -0.463 e. The summed E-state index contributed by atoms with van der Waals surface area (Å²) in [6.45, 7) is 5.30. The van der Waals surface area contributed by atoms with Gasteiger partial charge in [0.2, 0.25) is 0 Å². The van der Waals surface area contributed by atoms with Gasteiger partial charge < -0.3 is 9.53 Å². The summed E-state index contributed by atoms with van der Waals surface area (Å²) in [5.41, 5.74) is 0. The van der Waals surface area contributed by atoms with Gasteiger partial charge in [-0.15, -0.1) is 0 Å². The van der Waals surface area contributed by atoms with Crippen LogP contribution in [0, 0.1) is 0 Å². The van der Waals surface area contributed by atoms with Crippen molar-refractivity contribution in [3.05, 3.63) is 12.2 Å². The zero-order valence-corrected chi connectivity index (χ0v) is 14.7. The molecule has 0 aromatic carbocycles. The van der Waals surface area contributed by atoms with Gasteiger partial charge in [-0.05, 0) is 51.9 Å². The first-order valence-electron chi connectivity index (χ1n) is 8.88. The van der Waals surface area contributed by atoms with E-state index in [9.17, 15) is 9.59 Å². The Morgan fingerprint density at radius 1 is 0.909 bits per heavy atom. The van der Waals surface area contributed by atoms with E-state index in [-0.39, 0.29) is 12.1 Å². The second-order valence-electron chi connectivity index (χ2n) is 6.08. The van der Waals surface area contributed by atoms with Crippen molar-refractivity contribution in [2.45, 2.75) is 97.5 Å². The molecule has 1 atom stereocenters. The Morgan fingerprint density at radius 3 is 2.14 bits per heavy atom. The number of allylic oxidation sites excluding steroid dienone is 2. The number of hydrogen-bond donors (Lipinski definition) is 0. The summed E-state index contributed by atoms with van der Waals surface area (Å²) < 4.78 is 5.35. The van der Waals surface area contributed by atoms with E-state index < -0.39 is 0 Å². The first-order chi connectivity index (χ1) is 10.6. The number of rotatable bonds is 14. The van der Waals surface area contributed by atoms with Gasteiger partial charge in [-0.25, -0.2) is 0 Å². The molecule has 0 aromatic rings. The molecule has 1 unspecified atom stereocenters. The smallest absolute Gasteiger partial charge is 0.302 e. The van der Waals surface area contributed by atoms with Gasteiger partial charge in [0.05, 0.1) is 0 Å². The molecular weight excluding hydrogens is 276 g/mol. The van der Waals surface area contributed by atoms with Crippen LogP contribution in [0.25, 0.3) is 0 Å². The molecule has 3 heteroatoms. The zero-order chi connectivity index (χ0) is 16.6. The predicted molar refractivity (Wildman–Crippen MR) is 91.8 cm³/mol. The van der Waals surface area contributed by atoms with Crippen molar-refractivity contribution in [2.75, 3.05) is 0 Å². The number of hydrogen-bond acceptors (Lipinski definition) is 3. The Hall–Kier alpha value is -1.12. The van der Waals surface area contributed by atoms with Crippen LogP contribution in [0.4, 0.5) is 0 Å². The number of carbonyl (C=O) groups is 2. The number of carbonyl (C=O) groups excluding carboxylic acids is 2. The van der Waals surface area contributed by atoms with Gasteiger partial charge in [0, 0.05) is 13.3 Å². The fourth-order valence-electron chi connectivity index (χ4n) is 2.44. The predicted octanol–water partition coefficient (Wildman–Crippen LogP) is 5.37. The standard InChI is InChI=1S/C19H34O3/c1-4-5-15-19(22-18(3)21)16-13-11-9-7-6-8-10-12-14-17(2)20/h7,9,19H,4-6,8,10-16H2,1-3H3/b9-7+. The van der Waals surface area contributed by atoms with E-state index in [0.717, 1.165) is 70.6 Å². The average molecular weight is 310 g/mol. The monoisotopic (exact) mass is 310 g/mol. The summed E-state index contributed by atoms with van der Waals surface area (Å²) in [4.78, 5) is 21.9. The van der Waals surface area contributed by atoms with Crippen LogP contribution in [0.15, 0.2) is 12.2 Å². The quantitative estimate of drug-likeness (QED) is 0.246. The fourth-order valence-corrected chi connectivity index (χ4v) is 2.44. The van der Waals surface area contributed by atoms with E-state index in [1.165, 1.54) is 6.92 Å². The molecule has 0 aliphatic carbocycles. The molecule has 0 amide bonds. The molecule has 0 bridgehead atoms. The maximum atomic E-state index is 11.1. The van der Waals surface area contributed by atoms with E-state index >= 15 is 0 Å². The van der Waals surface area contributed by atoms with E-state index in [0.29, 0.717) is 5.78 Å². The molecule has 0 aliphatic heterocycles. The van der Waals surface area contributed by atoms with E-state index in [2.05, 4.69) is 19.1 Å². The molecular formula is C19H34O3. The number of Topliss-reactive ketones (excluding diaryl/α,β-unsaturated/α-hetero) is 1. The van der Waals surface area contributed by atoms with Crippen LogP contribution in [-0.2, 0) is 14.3 Å². The zero-order valence-electron chi connectivity index (χ0n) is 14.7. The third-order valence-electron chi connectivity index (χ3n) is 3.68. The molecule has 0 spiro atoms. The highest BCUT2D eigenvalue weighted by atomic mass is 16.5. The molecule has 0 aliphatic rings.